The van der Waals surface area contributed by atoms with E-state index >= 15 is 0 Å². The van der Waals surface area contributed by atoms with Gasteiger partial charge in [0.15, 0.2) is 5.78 Å². The van der Waals surface area contributed by atoms with Crippen LogP contribution in [-0.2, 0) is 19.1 Å². The molecule has 0 aliphatic heterocycles. The Morgan fingerprint density at radius 3 is 2.26 bits per heavy atom. The van der Waals surface area contributed by atoms with Crippen LogP contribution in [0, 0.1) is 56.2 Å². The van der Waals surface area contributed by atoms with Crippen molar-refractivity contribution in [3.8, 4) is 0 Å². The molecule has 0 aromatic carbocycles. The molecular weight excluding hydrogens is 665 g/mol. The molecule has 3 N–H and O–H groups in total. The van der Waals surface area contributed by atoms with Crippen LogP contribution < -0.4 is 5.32 Å². The van der Waals surface area contributed by atoms with Gasteiger partial charge in [0.2, 0.25) is 0 Å². The summed E-state index contributed by atoms with van der Waals surface area (Å²) in [5.41, 5.74) is 0.662. The normalized spacial score (nSPS) is 37.2. The van der Waals surface area contributed by atoms with Crippen molar-refractivity contribution >= 4 is 17.7 Å². The zero-order chi connectivity index (χ0) is 39.4. The monoisotopic (exact) mass is 741 g/mol. The van der Waals surface area contributed by atoms with E-state index in [4.69, 9.17) is 4.74 Å². The number of Topliss-reactive ketones (excluding diaryl/α,β-unsaturated/α-hetero) is 1. The van der Waals surface area contributed by atoms with Crippen molar-refractivity contribution in [2.24, 2.45) is 56.2 Å². The number of esters is 1. The topological polar surface area (TPSA) is 116 Å². The summed E-state index contributed by atoms with van der Waals surface area (Å²) in [7, 11) is 1.99. The number of rotatable bonds is 15. The standard InChI is InChI=1S/C45H76N2O6/c1-12-13-14-24-47(25-23-46-11)28-34(49)45-22-21-43(9)30(38(45)37(29(2)3)31(48)26-45)15-16-33-42(8)19-18-35(53-36(50)27-40(4,5)39(51)52)41(6,7)32(42)17-20-44(33,43)10/h29-30,32-35,46,49H,12-28H2,1-11H3,(H,51,52). The number of aliphatic carboxylic acids is 1. The van der Waals surface area contributed by atoms with Crippen LogP contribution in [0.5, 0.6) is 0 Å². The van der Waals surface area contributed by atoms with Crippen LogP contribution in [0.4, 0.5) is 0 Å². The highest BCUT2D eigenvalue weighted by Crippen LogP contribution is 2.77. The average Bonchev–Trinajstić information content (AvgIpc) is 3.38. The van der Waals surface area contributed by atoms with Gasteiger partial charge in [0, 0.05) is 36.9 Å². The van der Waals surface area contributed by atoms with Crippen LogP contribution in [0.3, 0.4) is 0 Å². The van der Waals surface area contributed by atoms with E-state index in [1.165, 1.54) is 18.4 Å². The quantitative estimate of drug-likeness (QED) is 0.113. The number of allylic oxidation sites excluding steroid dienone is 1. The Bertz CT molecular complexity index is 1420. The van der Waals surface area contributed by atoms with E-state index in [0.29, 0.717) is 24.8 Å². The van der Waals surface area contributed by atoms with Gasteiger partial charge in [0.05, 0.1) is 17.9 Å². The molecule has 8 heteroatoms. The van der Waals surface area contributed by atoms with Crippen molar-refractivity contribution in [1.29, 1.82) is 0 Å². The Kier molecular flexibility index (Phi) is 12.2. The molecule has 0 radical (unpaired) electrons. The first-order valence-electron chi connectivity index (χ1n) is 21.4. The van der Waals surface area contributed by atoms with Gasteiger partial charge >= 0.3 is 11.9 Å². The molecule has 0 amide bonds. The number of hydrogen-bond donors (Lipinski definition) is 3. The van der Waals surface area contributed by atoms with Gasteiger partial charge in [-0.25, -0.2) is 0 Å². The van der Waals surface area contributed by atoms with Gasteiger partial charge in [0.1, 0.15) is 6.10 Å². The third-order valence-electron chi connectivity index (χ3n) is 16.7. The molecule has 5 rings (SSSR count). The number of likely N-dealkylation sites (N-methyl/N-ethyl adjacent to an activating group) is 1. The Morgan fingerprint density at radius 1 is 0.943 bits per heavy atom. The Morgan fingerprint density at radius 2 is 1.64 bits per heavy atom. The van der Waals surface area contributed by atoms with Crippen molar-refractivity contribution in [3.05, 3.63) is 11.1 Å². The highest BCUT2D eigenvalue weighted by Gasteiger charge is 2.70. The lowest BCUT2D eigenvalue weighted by Crippen LogP contribution is -2.66. The van der Waals surface area contributed by atoms with E-state index in [-0.39, 0.29) is 51.8 Å². The number of fused-ring (bicyclic) bond motifs is 7. The molecule has 0 aromatic heterocycles. The number of carboxylic acids is 1. The van der Waals surface area contributed by atoms with Crippen molar-refractivity contribution in [1.82, 2.24) is 10.2 Å². The first kappa shape index (κ1) is 42.4. The Hall–Kier alpha value is -1.77. The van der Waals surface area contributed by atoms with Gasteiger partial charge in [0.25, 0.3) is 0 Å². The van der Waals surface area contributed by atoms with E-state index in [9.17, 15) is 24.6 Å². The van der Waals surface area contributed by atoms with Gasteiger partial charge in [-0.05, 0) is 131 Å². The molecular formula is C45H76N2O6. The lowest BCUT2D eigenvalue weighted by molar-refractivity contribution is -0.235. The lowest BCUT2D eigenvalue weighted by atomic mass is 9.33. The molecule has 8 nitrogen and oxygen atoms in total. The van der Waals surface area contributed by atoms with Crippen molar-refractivity contribution in [2.45, 2.75) is 165 Å². The molecule has 0 spiro atoms. The van der Waals surface area contributed by atoms with Gasteiger partial charge in [-0.15, -0.1) is 0 Å². The summed E-state index contributed by atoms with van der Waals surface area (Å²) in [4.78, 5) is 41.5. The molecule has 302 valence electrons. The summed E-state index contributed by atoms with van der Waals surface area (Å²) in [6, 6.07) is 0. The minimum absolute atomic E-state index is 0.00995. The first-order valence-corrected chi connectivity index (χ1v) is 21.4. The van der Waals surface area contributed by atoms with Crippen LogP contribution in [0.25, 0.3) is 0 Å². The van der Waals surface area contributed by atoms with Crippen LogP contribution in [-0.4, -0.2) is 78.3 Å². The van der Waals surface area contributed by atoms with Crippen LogP contribution in [0.1, 0.15) is 153 Å². The first-order chi connectivity index (χ1) is 24.7. The van der Waals surface area contributed by atoms with Crippen molar-refractivity contribution < 1.29 is 29.3 Å². The lowest BCUT2D eigenvalue weighted by Gasteiger charge is -2.72. The minimum Gasteiger partial charge on any atom is -0.481 e. The number of carbonyl (C=O) groups is 3. The smallest absolute Gasteiger partial charge is 0.309 e. The fraction of sp³-hybridized carbons (Fsp3) is 0.889. The van der Waals surface area contributed by atoms with Crippen molar-refractivity contribution in [2.75, 3.05) is 33.2 Å². The molecule has 9 atom stereocenters. The molecule has 0 aromatic rings. The molecule has 4 saturated carbocycles. The zero-order valence-corrected chi connectivity index (χ0v) is 35.5. The van der Waals surface area contributed by atoms with Crippen LogP contribution in [0.2, 0.25) is 0 Å². The number of ether oxygens (including phenoxy) is 1. The summed E-state index contributed by atoms with van der Waals surface area (Å²) in [6.45, 7) is 25.4. The molecule has 53 heavy (non-hydrogen) atoms. The summed E-state index contributed by atoms with van der Waals surface area (Å²) < 4.78 is 6.18. The molecule has 0 heterocycles. The summed E-state index contributed by atoms with van der Waals surface area (Å²) in [5.74, 6) is 0.184. The van der Waals surface area contributed by atoms with E-state index < -0.39 is 28.9 Å². The summed E-state index contributed by atoms with van der Waals surface area (Å²) in [6.07, 6.45) is 11.0. The maximum atomic E-state index is 14.2. The number of aliphatic hydroxyl groups excluding tert-OH is 1. The highest BCUT2D eigenvalue weighted by molar-refractivity contribution is 6.00. The van der Waals surface area contributed by atoms with Crippen LogP contribution in [0.15, 0.2) is 11.1 Å². The second-order valence-electron chi connectivity index (χ2n) is 20.7. The minimum atomic E-state index is -1.16. The van der Waals surface area contributed by atoms with E-state index in [2.05, 4.69) is 65.6 Å². The third-order valence-corrected chi connectivity index (χ3v) is 16.7. The van der Waals surface area contributed by atoms with Crippen LogP contribution >= 0.6 is 0 Å². The number of carbonyl (C=O) groups excluding carboxylic acids is 2. The fourth-order valence-electron chi connectivity index (χ4n) is 13.5. The molecule has 5 aliphatic rings. The number of nitrogens with zero attached hydrogens (tertiary/aromatic N) is 1. The predicted octanol–water partition coefficient (Wildman–Crippen LogP) is 8.45. The van der Waals surface area contributed by atoms with Gasteiger partial charge in [-0.2, -0.15) is 0 Å². The van der Waals surface area contributed by atoms with E-state index in [1.807, 2.05) is 7.05 Å². The maximum Gasteiger partial charge on any atom is 0.309 e. The zero-order valence-electron chi connectivity index (χ0n) is 35.5. The molecule has 5 aliphatic carbocycles. The Labute approximate surface area is 322 Å². The molecule has 9 unspecified atom stereocenters. The highest BCUT2D eigenvalue weighted by atomic mass is 16.5. The van der Waals surface area contributed by atoms with Gasteiger partial charge < -0.3 is 20.3 Å². The fourth-order valence-corrected chi connectivity index (χ4v) is 13.5. The molecule has 4 fully saturated rings. The van der Waals surface area contributed by atoms with E-state index in [1.54, 1.807) is 13.8 Å². The number of carboxylic acid groups (broad SMARTS) is 1. The Balaban J connectivity index is 1.44. The number of aliphatic hydroxyl groups is 1. The predicted molar refractivity (Wildman–Crippen MR) is 211 cm³/mol. The number of hydrogen-bond acceptors (Lipinski definition) is 7. The number of nitrogens with one attached hydrogen (secondary N) is 1. The third kappa shape index (κ3) is 7.11. The second kappa shape index (κ2) is 15.3. The molecule has 0 saturated heterocycles. The molecule has 0 bridgehead atoms. The van der Waals surface area contributed by atoms with Gasteiger partial charge in [-0.3, -0.25) is 19.3 Å². The number of unbranched alkanes of at least 4 members (excludes halogenated alkanes) is 2. The van der Waals surface area contributed by atoms with E-state index in [0.717, 1.165) is 83.0 Å². The average molecular weight is 741 g/mol. The summed E-state index contributed by atoms with van der Waals surface area (Å²) >= 11 is 0. The maximum absolute atomic E-state index is 14.2. The number of ketones is 1. The van der Waals surface area contributed by atoms with Crippen molar-refractivity contribution in [3.63, 3.8) is 0 Å². The largest absolute Gasteiger partial charge is 0.481 e. The SMILES string of the molecule is CCCCCN(CCNC)CC(O)C12CCC3(C)C(CCC4C5(C)CCC(OC(=O)CC(C)(C)C(=O)O)C(C)(C)C5CCC43C)C1=C(C(C)C)C(=O)C2. The summed E-state index contributed by atoms with van der Waals surface area (Å²) in [5, 5.41) is 25.4. The second-order valence-corrected chi connectivity index (χ2v) is 20.7. The van der Waals surface area contributed by atoms with Gasteiger partial charge in [-0.1, -0.05) is 73.8 Å².